The summed E-state index contributed by atoms with van der Waals surface area (Å²) in [5.74, 6) is 6.68. The molecule has 2 heteroatoms. The smallest absolute Gasteiger partial charge is 0.286 e. The quantitative estimate of drug-likeness (QED) is 0.306. The fourth-order valence-electron chi connectivity index (χ4n) is 3.75. The van der Waals surface area contributed by atoms with Crippen molar-refractivity contribution < 1.29 is 4.80 Å². The molecule has 0 bridgehead atoms. The normalized spacial score (nSPS) is 10.8. The maximum Gasteiger partial charge on any atom is 0.286 e. The molecule has 0 spiro atoms. The van der Waals surface area contributed by atoms with E-state index in [0.29, 0.717) is 0 Å². The summed E-state index contributed by atoms with van der Waals surface area (Å²) in [5.41, 5.74) is 2.20. The van der Waals surface area contributed by atoms with Crippen molar-refractivity contribution >= 4 is 23.9 Å². The van der Waals surface area contributed by atoms with Crippen LogP contribution in [-0.4, -0.2) is 13.1 Å². The van der Waals surface area contributed by atoms with E-state index in [4.69, 9.17) is 0 Å². The summed E-state index contributed by atoms with van der Waals surface area (Å²) in [6.07, 6.45) is 1.71. The Kier molecular flexibility index (Phi) is 6.25. The molecule has 4 rings (SSSR count). The van der Waals surface area contributed by atoms with E-state index < -0.39 is 8.32 Å². The topological polar surface area (TPSA) is 20.2 Å². The predicted octanol–water partition coefficient (Wildman–Crippen LogP) is 3.63. The standard InChI is InChI=1S/C28H24OSi/c29-30(26-19-6-2-7-20-26,27-21-8-3-9-22-27)28-23-13-12-18-25(28)17-11-10-16-24-14-4-1-5-15-24/h1-9,12-15,18-23,29H,10,16H2. The van der Waals surface area contributed by atoms with Crippen molar-refractivity contribution in [1.82, 2.24) is 0 Å². The van der Waals surface area contributed by atoms with Crippen LogP contribution >= 0.6 is 0 Å². The van der Waals surface area contributed by atoms with Crippen LogP contribution < -0.4 is 15.6 Å². The first kappa shape index (κ1) is 19.9. The molecule has 0 saturated heterocycles. The van der Waals surface area contributed by atoms with E-state index in [9.17, 15) is 4.80 Å². The van der Waals surface area contributed by atoms with Gasteiger partial charge in [0.25, 0.3) is 8.32 Å². The fraction of sp³-hybridized carbons (Fsp3) is 0.0714. The van der Waals surface area contributed by atoms with Gasteiger partial charge in [0, 0.05) is 12.0 Å². The summed E-state index contributed by atoms with van der Waals surface area (Å²) in [5, 5.41) is 2.87. The lowest BCUT2D eigenvalue weighted by Gasteiger charge is -2.28. The Bertz CT molecular complexity index is 1100. The number of aryl methyl sites for hydroxylation is 1. The molecule has 0 fully saturated rings. The van der Waals surface area contributed by atoms with Crippen LogP contribution in [-0.2, 0) is 6.42 Å². The van der Waals surface area contributed by atoms with Crippen LogP contribution in [0.3, 0.4) is 0 Å². The van der Waals surface area contributed by atoms with Crippen molar-refractivity contribution in [3.63, 3.8) is 0 Å². The summed E-state index contributed by atoms with van der Waals surface area (Å²) in [4.78, 5) is 12.2. The summed E-state index contributed by atoms with van der Waals surface area (Å²) >= 11 is 0. The average Bonchev–Trinajstić information content (AvgIpc) is 2.83. The largest absolute Gasteiger partial charge is 0.421 e. The first-order valence-corrected chi connectivity index (χ1v) is 12.2. The lowest BCUT2D eigenvalue weighted by atomic mass is 10.1. The minimum Gasteiger partial charge on any atom is -0.421 e. The van der Waals surface area contributed by atoms with Crippen LogP contribution in [0.5, 0.6) is 0 Å². The Hall–Kier alpha value is -3.38. The highest BCUT2D eigenvalue weighted by molar-refractivity contribution is 7.06. The van der Waals surface area contributed by atoms with Crippen molar-refractivity contribution in [3.8, 4) is 11.8 Å². The first-order valence-electron chi connectivity index (χ1n) is 10.2. The third kappa shape index (κ3) is 4.28. The maximum atomic E-state index is 12.2. The van der Waals surface area contributed by atoms with E-state index >= 15 is 0 Å². The second-order valence-electron chi connectivity index (χ2n) is 7.28. The first-order chi connectivity index (χ1) is 14.8. The second kappa shape index (κ2) is 9.41. The maximum absolute atomic E-state index is 12.2. The summed E-state index contributed by atoms with van der Waals surface area (Å²) in [7, 11) is -3.15. The highest BCUT2D eigenvalue weighted by atomic mass is 28.4. The third-order valence-corrected chi connectivity index (χ3v) is 8.86. The molecular formula is C28H24OSi. The van der Waals surface area contributed by atoms with Gasteiger partial charge in [-0.2, -0.15) is 0 Å². The van der Waals surface area contributed by atoms with Gasteiger partial charge in [0.05, 0.1) is 0 Å². The monoisotopic (exact) mass is 404 g/mol. The lowest BCUT2D eigenvalue weighted by molar-refractivity contribution is 0.583. The molecule has 4 aromatic rings. The van der Waals surface area contributed by atoms with Crippen LogP contribution in [0.4, 0.5) is 0 Å². The Morgan fingerprint density at radius 2 is 1.10 bits per heavy atom. The van der Waals surface area contributed by atoms with Gasteiger partial charge in [0.2, 0.25) is 0 Å². The number of hydrogen-bond acceptors (Lipinski definition) is 1. The van der Waals surface area contributed by atoms with E-state index in [0.717, 1.165) is 34.0 Å². The zero-order valence-corrected chi connectivity index (χ0v) is 17.8. The minimum absolute atomic E-state index is 0.787. The van der Waals surface area contributed by atoms with Crippen LogP contribution in [0.1, 0.15) is 17.5 Å². The molecule has 4 aromatic carbocycles. The molecule has 0 unspecified atom stereocenters. The summed E-state index contributed by atoms with van der Waals surface area (Å²) in [6.45, 7) is 0. The molecule has 0 radical (unpaired) electrons. The highest BCUT2D eigenvalue weighted by Gasteiger charge is 2.39. The third-order valence-electron chi connectivity index (χ3n) is 5.30. The zero-order valence-electron chi connectivity index (χ0n) is 16.8. The molecule has 1 nitrogen and oxygen atoms in total. The highest BCUT2D eigenvalue weighted by Crippen LogP contribution is 2.08. The SMILES string of the molecule is O[Si](c1ccccc1)(c1ccccc1)c1ccccc1C#CCCc1ccccc1. The van der Waals surface area contributed by atoms with Gasteiger partial charge in [-0.25, -0.2) is 0 Å². The van der Waals surface area contributed by atoms with Crippen molar-refractivity contribution in [2.75, 3.05) is 0 Å². The Balaban J connectivity index is 1.72. The van der Waals surface area contributed by atoms with Gasteiger partial charge >= 0.3 is 0 Å². The van der Waals surface area contributed by atoms with Gasteiger partial charge in [-0.1, -0.05) is 121 Å². The van der Waals surface area contributed by atoms with Crippen molar-refractivity contribution in [3.05, 3.63) is 126 Å². The number of hydrogen-bond donors (Lipinski definition) is 1. The second-order valence-corrected chi connectivity index (χ2v) is 10.4. The molecule has 0 saturated carbocycles. The molecule has 0 atom stereocenters. The van der Waals surface area contributed by atoms with Gasteiger partial charge in [-0.05, 0) is 33.6 Å². The van der Waals surface area contributed by atoms with Gasteiger partial charge in [-0.3, -0.25) is 0 Å². The molecule has 0 aliphatic rings. The molecule has 0 aromatic heterocycles. The lowest BCUT2D eigenvalue weighted by Crippen LogP contribution is -2.68. The number of benzene rings is 4. The predicted molar refractivity (Wildman–Crippen MR) is 128 cm³/mol. The average molecular weight is 405 g/mol. The van der Waals surface area contributed by atoms with Crippen molar-refractivity contribution in [2.45, 2.75) is 12.8 Å². The molecule has 0 aliphatic carbocycles. The van der Waals surface area contributed by atoms with Gasteiger partial charge in [-0.15, -0.1) is 0 Å². The van der Waals surface area contributed by atoms with Crippen molar-refractivity contribution in [2.24, 2.45) is 0 Å². The van der Waals surface area contributed by atoms with E-state index in [1.807, 2.05) is 91.0 Å². The Morgan fingerprint density at radius 3 is 1.70 bits per heavy atom. The molecule has 0 heterocycles. The van der Waals surface area contributed by atoms with E-state index in [1.165, 1.54) is 5.56 Å². The molecule has 1 N–H and O–H groups in total. The van der Waals surface area contributed by atoms with E-state index in [1.54, 1.807) is 0 Å². The fourth-order valence-corrected chi connectivity index (χ4v) is 6.93. The molecule has 0 aliphatic heterocycles. The summed E-state index contributed by atoms with van der Waals surface area (Å²) < 4.78 is 0. The van der Waals surface area contributed by atoms with E-state index in [2.05, 4.69) is 36.1 Å². The van der Waals surface area contributed by atoms with Gasteiger partial charge in [0.1, 0.15) is 0 Å². The Morgan fingerprint density at radius 1 is 0.600 bits per heavy atom. The number of rotatable bonds is 5. The molecule has 146 valence electrons. The van der Waals surface area contributed by atoms with Crippen LogP contribution in [0.2, 0.25) is 0 Å². The van der Waals surface area contributed by atoms with Crippen LogP contribution in [0.25, 0.3) is 0 Å². The van der Waals surface area contributed by atoms with Crippen molar-refractivity contribution in [1.29, 1.82) is 0 Å². The van der Waals surface area contributed by atoms with Crippen LogP contribution in [0.15, 0.2) is 115 Å². The minimum atomic E-state index is -3.15. The summed E-state index contributed by atoms with van der Waals surface area (Å²) in [6, 6.07) is 38.5. The van der Waals surface area contributed by atoms with Gasteiger partial charge in [0.15, 0.2) is 0 Å². The van der Waals surface area contributed by atoms with E-state index in [-0.39, 0.29) is 0 Å². The van der Waals surface area contributed by atoms with Crippen LogP contribution in [0, 0.1) is 11.8 Å². The molecular weight excluding hydrogens is 380 g/mol. The van der Waals surface area contributed by atoms with Gasteiger partial charge < -0.3 is 4.80 Å². The molecule has 30 heavy (non-hydrogen) atoms. The molecule has 0 amide bonds. The Labute approximate surface area is 179 Å². The zero-order chi connectivity index (χ0) is 20.7.